The van der Waals surface area contributed by atoms with Gasteiger partial charge in [0.1, 0.15) is 5.75 Å². The minimum Gasteiger partial charge on any atom is -0.496 e. The summed E-state index contributed by atoms with van der Waals surface area (Å²) in [7, 11) is 1.55. The van der Waals surface area contributed by atoms with Crippen LogP contribution in [-0.4, -0.2) is 29.6 Å². The molecule has 1 aromatic carbocycles. The van der Waals surface area contributed by atoms with Gasteiger partial charge in [-0.2, -0.15) is 0 Å². The van der Waals surface area contributed by atoms with Crippen molar-refractivity contribution >= 4 is 27.7 Å². The predicted molar refractivity (Wildman–Crippen MR) is 80.3 cm³/mol. The summed E-state index contributed by atoms with van der Waals surface area (Å²) < 4.78 is 5.78. The van der Waals surface area contributed by atoms with Crippen molar-refractivity contribution in [2.45, 2.75) is 25.8 Å². The Labute approximate surface area is 126 Å². The third-order valence-electron chi connectivity index (χ3n) is 3.18. The summed E-state index contributed by atoms with van der Waals surface area (Å²) in [5, 5.41) is 14.5. The van der Waals surface area contributed by atoms with E-state index in [0.29, 0.717) is 22.2 Å². The van der Waals surface area contributed by atoms with Gasteiger partial charge in [0.25, 0.3) is 5.91 Å². The van der Waals surface area contributed by atoms with Crippen molar-refractivity contribution in [3.63, 3.8) is 0 Å². The number of carbonyl (C=O) groups excluding carboxylic acids is 1. The van der Waals surface area contributed by atoms with E-state index in [2.05, 4.69) is 26.4 Å². The summed E-state index contributed by atoms with van der Waals surface area (Å²) in [6.07, 6.45) is 0.492. The van der Waals surface area contributed by atoms with Crippen LogP contribution in [0.15, 0.2) is 27.8 Å². The number of methoxy groups -OCH3 is 1. The van der Waals surface area contributed by atoms with Crippen LogP contribution in [0.25, 0.3) is 0 Å². The third kappa shape index (κ3) is 3.41. The lowest BCUT2D eigenvalue weighted by molar-refractivity contribution is 0.0925. The lowest BCUT2D eigenvalue weighted by atomic mass is 9.97. The maximum absolute atomic E-state index is 12.2. The van der Waals surface area contributed by atoms with E-state index in [-0.39, 0.29) is 11.7 Å². The van der Waals surface area contributed by atoms with Crippen LogP contribution in [0.4, 0.5) is 0 Å². The monoisotopic (exact) mass is 343 g/mol. The largest absolute Gasteiger partial charge is 0.496 e. The second-order valence-corrected chi connectivity index (χ2v) is 5.33. The van der Waals surface area contributed by atoms with Crippen molar-refractivity contribution in [3.8, 4) is 5.75 Å². The molecule has 0 aliphatic heterocycles. The van der Waals surface area contributed by atoms with Crippen LogP contribution in [0, 0.1) is 0 Å². The number of benzene rings is 1. The molecule has 1 rings (SSSR count). The zero-order valence-corrected chi connectivity index (χ0v) is 13.2. The van der Waals surface area contributed by atoms with Gasteiger partial charge in [0.2, 0.25) is 0 Å². The molecule has 6 nitrogen and oxygen atoms in total. The summed E-state index contributed by atoms with van der Waals surface area (Å²) in [6.45, 7) is 3.53. The Morgan fingerprint density at radius 2 is 2.25 bits per heavy atom. The molecule has 0 aliphatic rings. The van der Waals surface area contributed by atoms with Gasteiger partial charge in [0, 0.05) is 5.56 Å². The average molecular weight is 344 g/mol. The lowest BCUT2D eigenvalue weighted by Gasteiger charge is -2.28. The van der Waals surface area contributed by atoms with Crippen molar-refractivity contribution in [1.82, 2.24) is 5.32 Å². The summed E-state index contributed by atoms with van der Waals surface area (Å²) in [6, 6.07) is 4.98. The van der Waals surface area contributed by atoms with E-state index in [1.807, 2.05) is 6.92 Å². The fraction of sp³-hybridized carbons (Fsp3) is 0.385. The van der Waals surface area contributed by atoms with Crippen molar-refractivity contribution in [3.05, 3.63) is 28.2 Å². The van der Waals surface area contributed by atoms with Gasteiger partial charge in [-0.1, -0.05) is 12.1 Å². The summed E-state index contributed by atoms with van der Waals surface area (Å²) in [5.41, 5.74) is 5.16. The van der Waals surface area contributed by atoms with Crippen LogP contribution < -0.4 is 15.8 Å². The number of nitrogens with two attached hydrogens (primary N) is 1. The minimum absolute atomic E-state index is 0.0408. The highest BCUT2D eigenvalue weighted by molar-refractivity contribution is 9.10. The number of oxime groups is 1. The number of ether oxygens (including phenoxy) is 1. The number of hydrogen-bond donors (Lipinski definition) is 3. The van der Waals surface area contributed by atoms with E-state index < -0.39 is 5.54 Å². The van der Waals surface area contributed by atoms with E-state index in [4.69, 9.17) is 15.7 Å². The molecule has 20 heavy (non-hydrogen) atoms. The first-order valence-corrected chi connectivity index (χ1v) is 6.81. The zero-order valence-electron chi connectivity index (χ0n) is 11.6. The molecule has 0 fully saturated rings. The molecule has 0 saturated carbocycles. The second-order valence-electron chi connectivity index (χ2n) is 4.47. The fourth-order valence-electron chi connectivity index (χ4n) is 1.57. The SMILES string of the molecule is CCC(C)(NC(=O)c1ccc(OC)c(Br)c1)/C(N)=N/O. The quantitative estimate of drug-likeness (QED) is 0.330. The number of rotatable bonds is 5. The highest BCUT2D eigenvalue weighted by Crippen LogP contribution is 2.25. The van der Waals surface area contributed by atoms with Gasteiger partial charge in [-0.25, -0.2) is 0 Å². The predicted octanol–water partition coefficient (Wildman–Crippen LogP) is 2.10. The average Bonchev–Trinajstić information content (AvgIpc) is 2.45. The number of carbonyl (C=O) groups is 1. The fourth-order valence-corrected chi connectivity index (χ4v) is 2.11. The van der Waals surface area contributed by atoms with E-state index in [1.54, 1.807) is 32.2 Å². The Bertz CT molecular complexity index is 534. The molecule has 0 radical (unpaired) electrons. The van der Waals surface area contributed by atoms with Crippen LogP contribution in [0.1, 0.15) is 30.6 Å². The van der Waals surface area contributed by atoms with Crippen LogP contribution in [0.2, 0.25) is 0 Å². The Morgan fingerprint density at radius 3 is 2.70 bits per heavy atom. The highest BCUT2D eigenvalue weighted by Gasteiger charge is 2.30. The Balaban J connectivity index is 2.99. The molecule has 1 atom stereocenters. The van der Waals surface area contributed by atoms with E-state index in [9.17, 15) is 4.79 Å². The zero-order chi connectivity index (χ0) is 15.3. The van der Waals surface area contributed by atoms with Crippen molar-refractivity contribution in [2.75, 3.05) is 7.11 Å². The molecule has 0 heterocycles. The van der Waals surface area contributed by atoms with E-state index >= 15 is 0 Å². The molecule has 4 N–H and O–H groups in total. The van der Waals surface area contributed by atoms with Crippen LogP contribution in [0.5, 0.6) is 5.75 Å². The van der Waals surface area contributed by atoms with Gasteiger partial charge in [-0.05, 0) is 47.5 Å². The van der Waals surface area contributed by atoms with Gasteiger partial charge < -0.3 is 21.0 Å². The molecule has 110 valence electrons. The van der Waals surface area contributed by atoms with E-state index in [1.165, 1.54) is 0 Å². The van der Waals surface area contributed by atoms with E-state index in [0.717, 1.165) is 0 Å². The molecule has 0 aliphatic carbocycles. The topological polar surface area (TPSA) is 96.9 Å². The number of amides is 1. The summed E-state index contributed by atoms with van der Waals surface area (Å²) >= 11 is 3.32. The molecule has 7 heteroatoms. The first kappa shape index (κ1) is 16.3. The molecular formula is C13H18BrN3O3. The summed E-state index contributed by atoms with van der Waals surface area (Å²) in [4.78, 5) is 12.2. The lowest BCUT2D eigenvalue weighted by Crippen LogP contribution is -2.55. The number of amidine groups is 1. The van der Waals surface area contributed by atoms with Crippen LogP contribution in [-0.2, 0) is 0 Å². The van der Waals surface area contributed by atoms with Gasteiger partial charge in [0.15, 0.2) is 5.84 Å². The third-order valence-corrected chi connectivity index (χ3v) is 3.80. The second kappa shape index (κ2) is 6.60. The Hall–Kier alpha value is -1.76. The standard InChI is InChI=1S/C13H18BrN3O3/c1-4-13(2,12(15)17-19)16-11(18)8-5-6-10(20-3)9(14)7-8/h5-7,19H,4H2,1-3H3,(H2,15,17)(H,16,18). The first-order valence-electron chi connectivity index (χ1n) is 6.02. The molecule has 0 spiro atoms. The van der Waals surface area contributed by atoms with Crippen molar-refractivity contribution in [1.29, 1.82) is 0 Å². The highest BCUT2D eigenvalue weighted by atomic mass is 79.9. The minimum atomic E-state index is -0.905. The number of halogens is 1. The molecule has 0 aromatic heterocycles. The maximum atomic E-state index is 12.2. The summed E-state index contributed by atoms with van der Waals surface area (Å²) in [5.74, 6) is 0.279. The first-order chi connectivity index (χ1) is 9.37. The van der Waals surface area contributed by atoms with Crippen molar-refractivity contribution in [2.24, 2.45) is 10.9 Å². The van der Waals surface area contributed by atoms with Gasteiger partial charge >= 0.3 is 0 Å². The number of hydrogen-bond acceptors (Lipinski definition) is 4. The molecule has 0 saturated heterocycles. The Morgan fingerprint density at radius 1 is 1.60 bits per heavy atom. The molecule has 1 amide bonds. The molecular weight excluding hydrogens is 326 g/mol. The normalized spacial score (nSPS) is 14.5. The molecule has 1 unspecified atom stereocenters. The van der Waals surface area contributed by atoms with Crippen LogP contribution in [0.3, 0.4) is 0 Å². The number of nitrogens with one attached hydrogen (secondary N) is 1. The Kier molecular flexibility index (Phi) is 5.38. The smallest absolute Gasteiger partial charge is 0.252 e. The number of nitrogens with zero attached hydrogens (tertiary/aromatic N) is 1. The molecule has 0 bridgehead atoms. The maximum Gasteiger partial charge on any atom is 0.252 e. The van der Waals surface area contributed by atoms with Gasteiger partial charge in [0.05, 0.1) is 17.1 Å². The van der Waals surface area contributed by atoms with Crippen molar-refractivity contribution < 1.29 is 14.7 Å². The van der Waals surface area contributed by atoms with Gasteiger partial charge in [-0.3, -0.25) is 4.79 Å². The molecule has 1 aromatic rings. The van der Waals surface area contributed by atoms with Crippen LogP contribution >= 0.6 is 15.9 Å². The van der Waals surface area contributed by atoms with Gasteiger partial charge in [-0.15, -0.1) is 0 Å².